The first-order chi connectivity index (χ1) is 10.1. The lowest BCUT2D eigenvalue weighted by atomic mass is 10.1. The second kappa shape index (κ2) is 4.98. The zero-order valence-electron chi connectivity index (χ0n) is 12.0. The van der Waals surface area contributed by atoms with Crippen molar-refractivity contribution < 1.29 is 4.74 Å². The Morgan fingerprint density at radius 3 is 2.62 bits per heavy atom. The highest BCUT2D eigenvalue weighted by Gasteiger charge is 2.12. The summed E-state index contributed by atoms with van der Waals surface area (Å²) in [6.45, 7) is 4.10. The standard InChI is InChI=1S/C13H15N7O/c1-7-4-9-10(5-8(7)2)20(6-15-9)12-16-11(19-14)17-13(18-12)21-3/h4-6H,14H2,1-3H3,(H,16,17,18,19). The average molecular weight is 285 g/mol. The molecule has 8 nitrogen and oxygen atoms in total. The molecule has 3 aromatic rings. The summed E-state index contributed by atoms with van der Waals surface area (Å²) >= 11 is 0. The number of aromatic nitrogens is 5. The fourth-order valence-corrected chi connectivity index (χ4v) is 2.03. The minimum absolute atomic E-state index is 0.179. The van der Waals surface area contributed by atoms with Gasteiger partial charge in [-0.1, -0.05) is 0 Å². The number of hydrazine groups is 1. The van der Waals surface area contributed by atoms with Crippen molar-refractivity contribution in [2.45, 2.75) is 13.8 Å². The third-order valence-corrected chi connectivity index (χ3v) is 3.29. The molecule has 0 aliphatic rings. The molecule has 1 aromatic carbocycles. The van der Waals surface area contributed by atoms with Crippen LogP contribution in [-0.2, 0) is 0 Å². The van der Waals surface area contributed by atoms with Crippen LogP contribution < -0.4 is 16.0 Å². The summed E-state index contributed by atoms with van der Waals surface area (Å²) in [4.78, 5) is 16.8. The SMILES string of the molecule is COc1nc(NN)nc(-n2cnc3cc(C)c(C)cc32)n1. The van der Waals surface area contributed by atoms with Crippen LogP contribution in [0.4, 0.5) is 5.95 Å². The summed E-state index contributed by atoms with van der Waals surface area (Å²) in [6, 6.07) is 4.25. The number of nitrogens with zero attached hydrogens (tertiary/aromatic N) is 5. The van der Waals surface area contributed by atoms with E-state index in [9.17, 15) is 0 Å². The lowest BCUT2D eigenvalue weighted by Crippen LogP contribution is -2.14. The molecular formula is C13H15N7O. The van der Waals surface area contributed by atoms with Crippen LogP contribution in [-0.4, -0.2) is 31.6 Å². The summed E-state index contributed by atoms with van der Waals surface area (Å²) in [7, 11) is 1.49. The number of aryl methyl sites for hydroxylation is 2. The van der Waals surface area contributed by atoms with Crippen LogP contribution in [0.5, 0.6) is 6.01 Å². The normalized spacial score (nSPS) is 10.9. The van der Waals surface area contributed by atoms with Crippen LogP contribution in [0, 0.1) is 13.8 Å². The maximum absolute atomic E-state index is 5.37. The first kappa shape index (κ1) is 13.3. The molecule has 0 atom stereocenters. The van der Waals surface area contributed by atoms with Crippen molar-refractivity contribution in [1.29, 1.82) is 0 Å². The highest BCUT2D eigenvalue weighted by atomic mass is 16.5. The number of imidazole rings is 1. The Morgan fingerprint density at radius 2 is 1.90 bits per heavy atom. The molecule has 0 unspecified atom stereocenters. The zero-order valence-corrected chi connectivity index (χ0v) is 12.0. The molecule has 3 N–H and O–H groups in total. The van der Waals surface area contributed by atoms with Crippen molar-refractivity contribution >= 4 is 17.0 Å². The average Bonchev–Trinajstić information content (AvgIpc) is 2.90. The Hall–Kier alpha value is -2.74. The van der Waals surface area contributed by atoms with Crippen LogP contribution in [0.2, 0.25) is 0 Å². The predicted molar refractivity (Wildman–Crippen MR) is 78.3 cm³/mol. The number of ether oxygens (including phenoxy) is 1. The summed E-state index contributed by atoms with van der Waals surface area (Å²) < 4.78 is 6.83. The largest absolute Gasteiger partial charge is 0.467 e. The number of hydrogen-bond donors (Lipinski definition) is 2. The molecule has 0 amide bonds. The fraction of sp³-hybridized carbons (Fsp3) is 0.231. The monoisotopic (exact) mass is 285 g/mol. The van der Waals surface area contributed by atoms with E-state index in [0.717, 1.165) is 11.0 Å². The maximum Gasteiger partial charge on any atom is 0.322 e. The molecule has 0 bridgehead atoms. The predicted octanol–water partition coefficient (Wildman–Crippen LogP) is 1.12. The van der Waals surface area contributed by atoms with E-state index in [0.29, 0.717) is 5.95 Å². The number of nitrogen functional groups attached to an aromatic ring is 1. The first-order valence-electron chi connectivity index (χ1n) is 6.33. The van der Waals surface area contributed by atoms with Crippen LogP contribution in [0.3, 0.4) is 0 Å². The minimum atomic E-state index is 0.179. The smallest absolute Gasteiger partial charge is 0.322 e. The van der Waals surface area contributed by atoms with Gasteiger partial charge in [0.1, 0.15) is 6.33 Å². The van der Waals surface area contributed by atoms with Gasteiger partial charge in [0, 0.05) is 0 Å². The second-order valence-electron chi connectivity index (χ2n) is 4.63. The number of hydrogen-bond acceptors (Lipinski definition) is 7. The molecule has 2 heterocycles. The molecular weight excluding hydrogens is 270 g/mol. The highest BCUT2D eigenvalue weighted by molar-refractivity contribution is 5.78. The van der Waals surface area contributed by atoms with E-state index in [2.05, 4.69) is 32.3 Å². The summed E-state index contributed by atoms with van der Waals surface area (Å²) in [5.74, 6) is 5.98. The van der Waals surface area contributed by atoms with Gasteiger partial charge in [-0.25, -0.2) is 10.8 Å². The van der Waals surface area contributed by atoms with Crippen LogP contribution in [0.25, 0.3) is 17.0 Å². The van der Waals surface area contributed by atoms with Crippen molar-refractivity contribution in [2.24, 2.45) is 5.84 Å². The topological polar surface area (TPSA) is 104 Å². The third kappa shape index (κ3) is 2.25. The van der Waals surface area contributed by atoms with Crippen LogP contribution >= 0.6 is 0 Å². The molecule has 108 valence electrons. The van der Waals surface area contributed by atoms with Gasteiger partial charge in [-0.2, -0.15) is 15.0 Å². The van der Waals surface area contributed by atoms with Gasteiger partial charge in [-0.05, 0) is 37.1 Å². The van der Waals surface area contributed by atoms with E-state index < -0.39 is 0 Å². The summed E-state index contributed by atoms with van der Waals surface area (Å²) in [5.41, 5.74) is 6.54. The highest BCUT2D eigenvalue weighted by Crippen LogP contribution is 2.21. The number of fused-ring (bicyclic) bond motifs is 1. The summed E-state index contributed by atoms with van der Waals surface area (Å²) in [6.07, 6.45) is 1.67. The number of nitrogens with one attached hydrogen (secondary N) is 1. The van der Waals surface area contributed by atoms with Gasteiger partial charge in [-0.3, -0.25) is 9.99 Å². The van der Waals surface area contributed by atoms with Crippen LogP contribution in [0.1, 0.15) is 11.1 Å². The van der Waals surface area contributed by atoms with Gasteiger partial charge >= 0.3 is 6.01 Å². The molecule has 2 aromatic heterocycles. The van der Waals surface area contributed by atoms with Crippen molar-refractivity contribution in [3.05, 3.63) is 29.6 Å². The Labute approximate surface area is 121 Å². The Kier molecular flexibility index (Phi) is 3.15. The van der Waals surface area contributed by atoms with E-state index >= 15 is 0 Å². The maximum atomic E-state index is 5.37. The molecule has 0 saturated heterocycles. The van der Waals surface area contributed by atoms with Crippen molar-refractivity contribution in [3.8, 4) is 12.0 Å². The van der Waals surface area contributed by atoms with Gasteiger partial charge in [0.25, 0.3) is 0 Å². The Balaban J connectivity index is 2.22. The van der Waals surface area contributed by atoms with E-state index in [1.807, 2.05) is 19.1 Å². The van der Waals surface area contributed by atoms with Crippen LogP contribution in [0.15, 0.2) is 18.5 Å². The number of nitrogens with two attached hydrogens (primary N) is 1. The van der Waals surface area contributed by atoms with E-state index in [1.165, 1.54) is 18.2 Å². The molecule has 0 aliphatic carbocycles. The molecule has 0 spiro atoms. The number of methoxy groups -OCH3 is 1. The molecule has 8 heteroatoms. The van der Waals surface area contributed by atoms with Gasteiger partial charge in [0.05, 0.1) is 18.1 Å². The molecule has 3 rings (SSSR count). The number of rotatable bonds is 3. The molecule has 0 saturated carbocycles. The van der Waals surface area contributed by atoms with Crippen molar-refractivity contribution in [1.82, 2.24) is 24.5 Å². The van der Waals surface area contributed by atoms with Gasteiger partial charge in [0.15, 0.2) is 0 Å². The first-order valence-corrected chi connectivity index (χ1v) is 6.33. The van der Waals surface area contributed by atoms with E-state index in [4.69, 9.17) is 10.6 Å². The third-order valence-electron chi connectivity index (χ3n) is 3.29. The lowest BCUT2D eigenvalue weighted by Gasteiger charge is -2.07. The molecule has 21 heavy (non-hydrogen) atoms. The quantitative estimate of drug-likeness (QED) is 0.549. The van der Waals surface area contributed by atoms with Gasteiger partial charge in [0.2, 0.25) is 11.9 Å². The second-order valence-corrected chi connectivity index (χ2v) is 4.63. The molecule has 0 fully saturated rings. The van der Waals surface area contributed by atoms with Crippen molar-refractivity contribution in [3.63, 3.8) is 0 Å². The molecule has 0 radical (unpaired) electrons. The van der Waals surface area contributed by atoms with Gasteiger partial charge < -0.3 is 4.74 Å². The Bertz CT molecular complexity index is 789. The summed E-state index contributed by atoms with van der Waals surface area (Å²) in [5, 5.41) is 0. The minimum Gasteiger partial charge on any atom is -0.467 e. The number of benzene rings is 1. The Morgan fingerprint density at radius 1 is 1.14 bits per heavy atom. The van der Waals surface area contributed by atoms with Gasteiger partial charge in [-0.15, -0.1) is 0 Å². The van der Waals surface area contributed by atoms with Crippen molar-refractivity contribution in [2.75, 3.05) is 12.5 Å². The molecule has 0 aliphatic heterocycles. The van der Waals surface area contributed by atoms with E-state index in [1.54, 1.807) is 10.9 Å². The van der Waals surface area contributed by atoms with E-state index in [-0.39, 0.29) is 12.0 Å². The lowest BCUT2D eigenvalue weighted by molar-refractivity contribution is 0.378. The zero-order chi connectivity index (χ0) is 15.0. The fourth-order valence-electron chi connectivity index (χ4n) is 2.03. The number of anilines is 1.